The minimum Gasteiger partial charge on any atom is -0.337 e. The summed E-state index contributed by atoms with van der Waals surface area (Å²) in [6, 6.07) is 8.29. The van der Waals surface area contributed by atoms with Crippen molar-refractivity contribution in [2.24, 2.45) is 0 Å². The maximum atomic E-state index is 12.5. The van der Waals surface area contributed by atoms with Gasteiger partial charge in [0.25, 0.3) is 0 Å². The Morgan fingerprint density at radius 1 is 1.30 bits per heavy atom. The van der Waals surface area contributed by atoms with Gasteiger partial charge in [0.05, 0.1) is 6.42 Å². The van der Waals surface area contributed by atoms with Gasteiger partial charge in [0.1, 0.15) is 0 Å². The van der Waals surface area contributed by atoms with Gasteiger partial charge in [-0.25, -0.2) is 0 Å². The summed E-state index contributed by atoms with van der Waals surface area (Å²) < 4.78 is 0. The highest BCUT2D eigenvalue weighted by atomic mass is 35.5. The number of hydrogen-bond donors (Lipinski definition) is 1. The molecule has 2 unspecified atom stereocenters. The summed E-state index contributed by atoms with van der Waals surface area (Å²) >= 11 is 5.88. The highest BCUT2D eigenvalue weighted by Gasteiger charge is 2.29. The van der Waals surface area contributed by atoms with E-state index in [1.807, 2.05) is 24.3 Å². The lowest BCUT2D eigenvalue weighted by Gasteiger charge is -2.40. The van der Waals surface area contributed by atoms with Gasteiger partial charge >= 0.3 is 0 Å². The van der Waals surface area contributed by atoms with Crippen molar-refractivity contribution in [2.45, 2.75) is 45.2 Å². The predicted molar refractivity (Wildman–Crippen MR) is 83.0 cm³/mol. The van der Waals surface area contributed by atoms with Gasteiger partial charge in [-0.1, -0.05) is 37.6 Å². The van der Waals surface area contributed by atoms with Gasteiger partial charge in [-0.15, -0.1) is 0 Å². The molecular weight excluding hydrogens is 272 g/mol. The SMILES string of the molecule is CCC1CN(C(=O)Cc2ccc(Cl)cc2)C(CC)CN1. The van der Waals surface area contributed by atoms with E-state index in [0.717, 1.165) is 31.5 Å². The van der Waals surface area contributed by atoms with Gasteiger partial charge in [-0.2, -0.15) is 0 Å². The number of halogens is 1. The minimum atomic E-state index is 0.221. The molecule has 1 aromatic carbocycles. The lowest BCUT2D eigenvalue weighted by Crippen LogP contribution is -2.58. The van der Waals surface area contributed by atoms with Crippen LogP contribution in [0.25, 0.3) is 0 Å². The highest BCUT2D eigenvalue weighted by molar-refractivity contribution is 6.30. The monoisotopic (exact) mass is 294 g/mol. The van der Waals surface area contributed by atoms with Crippen LogP contribution in [0.2, 0.25) is 5.02 Å². The summed E-state index contributed by atoms with van der Waals surface area (Å²) in [7, 11) is 0. The summed E-state index contributed by atoms with van der Waals surface area (Å²) in [6.45, 7) is 6.02. The Hall–Kier alpha value is -1.06. The highest BCUT2D eigenvalue weighted by Crippen LogP contribution is 2.16. The Morgan fingerprint density at radius 3 is 2.60 bits per heavy atom. The molecule has 1 N–H and O–H groups in total. The second kappa shape index (κ2) is 7.09. The molecular formula is C16H23ClN2O. The maximum Gasteiger partial charge on any atom is 0.227 e. The number of nitrogens with zero attached hydrogens (tertiary/aromatic N) is 1. The molecule has 1 amide bonds. The van der Waals surface area contributed by atoms with E-state index in [-0.39, 0.29) is 5.91 Å². The zero-order chi connectivity index (χ0) is 14.5. The first-order chi connectivity index (χ1) is 9.63. The Bertz CT molecular complexity index is 446. The fourth-order valence-electron chi connectivity index (χ4n) is 2.69. The molecule has 3 nitrogen and oxygen atoms in total. The van der Waals surface area contributed by atoms with Crippen LogP contribution < -0.4 is 5.32 Å². The molecule has 1 saturated heterocycles. The Balaban J connectivity index is 2.03. The zero-order valence-electron chi connectivity index (χ0n) is 12.2. The molecule has 0 aliphatic carbocycles. The first-order valence-corrected chi connectivity index (χ1v) is 7.79. The average Bonchev–Trinajstić information content (AvgIpc) is 2.48. The number of nitrogens with one attached hydrogen (secondary N) is 1. The predicted octanol–water partition coefficient (Wildman–Crippen LogP) is 2.87. The van der Waals surface area contributed by atoms with Crippen LogP contribution in [0.15, 0.2) is 24.3 Å². The van der Waals surface area contributed by atoms with Crippen molar-refractivity contribution in [3.05, 3.63) is 34.9 Å². The summed E-state index contributed by atoms with van der Waals surface area (Å²) in [5, 5.41) is 4.22. The van der Waals surface area contributed by atoms with E-state index in [0.29, 0.717) is 23.5 Å². The molecule has 2 atom stereocenters. The lowest BCUT2D eigenvalue weighted by atomic mass is 10.0. The van der Waals surface area contributed by atoms with Gasteiger partial charge in [0, 0.05) is 30.2 Å². The maximum absolute atomic E-state index is 12.5. The number of amides is 1. The number of hydrogen-bond acceptors (Lipinski definition) is 2. The molecule has 1 aliphatic rings. The summed E-state index contributed by atoms with van der Waals surface area (Å²) in [5.41, 5.74) is 1.03. The van der Waals surface area contributed by atoms with Crippen LogP contribution in [0.1, 0.15) is 32.3 Å². The molecule has 0 bridgehead atoms. The van der Waals surface area contributed by atoms with Crippen molar-refractivity contribution in [1.29, 1.82) is 0 Å². The second-order valence-corrected chi connectivity index (χ2v) is 5.86. The third kappa shape index (κ3) is 3.74. The van der Waals surface area contributed by atoms with Crippen molar-refractivity contribution >= 4 is 17.5 Å². The van der Waals surface area contributed by atoms with Gasteiger partial charge in [0.15, 0.2) is 0 Å². The first-order valence-electron chi connectivity index (χ1n) is 7.41. The smallest absolute Gasteiger partial charge is 0.227 e. The minimum absolute atomic E-state index is 0.221. The van der Waals surface area contributed by atoms with Crippen molar-refractivity contribution in [3.8, 4) is 0 Å². The third-order valence-electron chi connectivity index (χ3n) is 4.05. The standard InChI is InChI=1S/C16H23ClN2O/c1-3-14-11-19(15(4-2)10-18-14)16(20)9-12-5-7-13(17)8-6-12/h5-8,14-15,18H,3-4,9-11H2,1-2H3. The van der Waals surface area contributed by atoms with E-state index >= 15 is 0 Å². The van der Waals surface area contributed by atoms with Gasteiger partial charge in [-0.3, -0.25) is 4.79 Å². The number of carbonyl (C=O) groups excluding carboxylic acids is 1. The van der Waals surface area contributed by atoms with Crippen LogP contribution in [0.4, 0.5) is 0 Å². The van der Waals surface area contributed by atoms with Crippen LogP contribution in [0, 0.1) is 0 Å². The Kier molecular flexibility index (Phi) is 5.44. The van der Waals surface area contributed by atoms with Gasteiger partial charge in [-0.05, 0) is 30.5 Å². The topological polar surface area (TPSA) is 32.3 Å². The van der Waals surface area contributed by atoms with Gasteiger partial charge < -0.3 is 10.2 Å². The van der Waals surface area contributed by atoms with E-state index in [4.69, 9.17) is 11.6 Å². The summed E-state index contributed by atoms with van der Waals surface area (Å²) in [4.78, 5) is 14.6. The van der Waals surface area contributed by atoms with Crippen molar-refractivity contribution < 1.29 is 4.79 Å². The molecule has 20 heavy (non-hydrogen) atoms. The van der Waals surface area contributed by atoms with Crippen LogP contribution >= 0.6 is 11.6 Å². The zero-order valence-corrected chi connectivity index (χ0v) is 13.0. The summed E-state index contributed by atoms with van der Waals surface area (Å²) in [6.07, 6.45) is 2.51. The fraction of sp³-hybridized carbons (Fsp3) is 0.562. The number of carbonyl (C=O) groups is 1. The molecule has 0 saturated carbocycles. The molecule has 0 aromatic heterocycles. The van der Waals surface area contributed by atoms with E-state index in [1.165, 1.54) is 0 Å². The van der Waals surface area contributed by atoms with E-state index in [1.54, 1.807) is 0 Å². The van der Waals surface area contributed by atoms with Crippen LogP contribution in [0.3, 0.4) is 0 Å². The van der Waals surface area contributed by atoms with Crippen LogP contribution in [-0.2, 0) is 11.2 Å². The lowest BCUT2D eigenvalue weighted by molar-refractivity contribution is -0.134. The van der Waals surface area contributed by atoms with E-state index < -0.39 is 0 Å². The summed E-state index contributed by atoms with van der Waals surface area (Å²) in [5.74, 6) is 0.221. The van der Waals surface area contributed by atoms with E-state index in [2.05, 4.69) is 24.1 Å². The molecule has 0 spiro atoms. The van der Waals surface area contributed by atoms with Crippen LogP contribution in [0.5, 0.6) is 0 Å². The molecule has 0 radical (unpaired) electrons. The van der Waals surface area contributed by atoms with Crippen molar-refractivity contribution in [2.75, 3.05) is 13.1 Å². The third-order valence-corrected chi connectivity index (χ3v) is 4.30. The molecule has 1 heterocycles. The largest absolute Gasteiger partial charge is 0.337 e. The van der Waals surface area contributed by atoms with Gasteiger partial charge in [0.2, 0.25) is 5.91 Å². The molecule has 1 aliphatic heterocycles. The molecule has 110 valence electrons. The normalized spacial score (nSPS) is 22.9. The van der Waals surface area contributed by atoms with Crippen molar-refractivity contribution in [1.82, 2.24) is 10.2 Å². The van der Waals surface area contributed by atoms with E-state index in [9.17, 15) is 4.79 Å². The fourth-order valence-corrected chi connectivity index (χ4v) is 2.81. The van der Waals surface area contributed by atoms with Crippen LogP contribution in [-0.4, -0.2) is 36.0 Å². The Labute approximate surface area is 126 Å². The molecule has 1 aromatic rings. The average molecular weight is 295 g/mol. The quantitative estimate of drug-likeness (QED) is 0.926. The molecule has 2 rings (SSSR count). The first kappa shape index (κ1) is 15.3. The number of piperazine rings is 1. The number of rotatable bonds is 4. The van der Waals surface area contributed by atoms with Crippen molar-refractivity contribution in [3.63, 3.8) is 0 Å². The molecule has 4 heteroatoms. The Morgan fingerprint density at radius 2 is 2.00 bits per heavy atom. The molecule has 1 fully saturated rings. The number of benzene rings is 1. The second-order valence-electron chi connectivity index (χ2n) is 5.42.